The molecule has 1 rings (SSSR count). The molecule has 0 aliphatic carbocycles. The Morgan fingerprint density at radius 3 is 2.60 bits per heavy atom. The van der Waals surface area contributed by atoms with E-state index in [1.165, 1.54) is 19.5 Å². The topological polar surface area (TPSA) is 95.2 Å². The van der Waals surface area contributed by atoms with Crippen molar-refractivity contribution in [3.63, 3.8) is 0 Å². The molecule has 0 bridgehead atoms. The quantitative estimate of drug-likeness (QED) is 0.752. The maximum Gasteiger partial charge on any atom is 0.237 e. The average molecular weight is 231 g/mol. The molecule has 1 heterocycles. The Morgan fingerprint density at radius 2 is 2.07 bits per heavy atom. The van der Waals surface area contributed by atoms with Gasteiger partial charge in [-0.15, -0.1) is 0 Å². The van der Waals surface area contributed by atoms with Crippen LogP contribution in [0.2, 0.25) is 0 Å². The number of rotatable bonds is 4. The monoisotopic (exact) mass is 231 g/mol. The van der Waals surface area contributed by atoms with E-state index in [9.17, 15) is 8.42 Å². The Kier molecular flexibility index (Phi) is 3.59. The van der Waals surface area contributed by atoms with E-state index in [1.54, 1.807) is 0 Å². The largest absolute Gasteiger partial charge is 0.480 e. The Bertz CT molecular complexity index is 433. The molecule has 0 saturated carbocycles. The van der Waals surface area contributed by atoms with Gasteiger partial charge in [0, 0.05) is 18.6 Å². The van der Waals surface area contributed by atoms with Gasteiger partial charge in [0.15, 0.2) is 0 Å². The zero-order valence-electron chi connectivity index (χ0n) is 8.54. The van der Waals surface area contributed by atoms with E-state index in [-0.39, 0.29) is 11.6 Å². The van der Waals surface area contributed by atoms with Gasteiger partial charge in [0.1, 0.15) is 15.5 Å². The molecule has 0 aliphatic rings. The SMILES string of the molecule is COc1nccnc1C(N)CS(C)(=O)=O. The van der Waals surface area contributed by atoms with Gasteiger partial charge >= 0.3 is 0 Å². The summed E-state index contributed by atoms with van der Waals surface area (Å²) in [7, 11) is -1.71. The molecule has 1 aromatic rings. The van der Waals surface area contributed by atoms with Crippen LogP contribution < -0.4 is 10.5 Å². The van der Waals surface area contributed by atoms with Crippen molar-refractivity contribution in [2.24, 2.45) is 5.73 Å². The van der Waals surface area contributed by atoms with Crippen LogP contribution in [0, 0.1) is 0 Å². The third kappa shape index (κ3) is 3.45. The highest BCUT2D eigenvalue weighted by atomic mass is 32.2. The van der Waals surface area contributed by atoms with Crippen molar-refractivity contribution in [1.29, 1.82) is 0 Å². The van der Waals surface area contributed by atoms with E-state index < -0.39 is 15.9 Å². The van der Waals surface area contributed by atoms with Crippen molar-refractivity contribution >= 4 is 9.84 Å². The average Bonchev–Trinajstić information content (AvgIpc) is 2.15. The van der Waals surface area contributed by atoms with Gasteiger partial charge in [-0.2, -0.15) is 0 Å². The number of hydrogen-bond donors (Lipinski definition) is 1. The first-order valence-corrected chi connectivity index (χ1v) is 6.28. The van der Waals surface area contributed by atoms with Crippen LogP contribution in [-0.2, 0) is 9.84 Å². The minimum absolute atomic E-state index is 0.179. The molecule has 0 saturated heterocycles. The molecule has 84 valence electrons. The van der Waals surface area contributed by atoms with E-state index in [0.717, 1.165) is 6.26 Å². The van der Waals surface area contributed by atoms with Crippen LogP contribution in [0.4, 0.5) is 0 Å². The number of methoxy groups -OCH3 is 1. The van der Waals surface area contributed by atoms with Gasteiger partial charge < -0.3 is 10.5 Å². The highest BCUT2D eigenvalue weighted by Gasteiger charge is 2.18. The molecule has 0 fully saturated rings. The summed E-state index contributed by atoms with van der Waals surface area (Å²) in [4.78, 5) is 7.85. The van der Waals surface area contributed by atoms with E-state index in [1.807, 2.05) is 0 Å². The van der Waals surface area contributed by atoms with Gasteiger partial charge in [-0.05, 0) is 0 Å². The van der Waals surface area contributed by atoms with Crippen molar-refractivity contribution in [3.8, 4) is 5.88 Å². The summed E-state index contributed by atoms with van der Waals surface area (Å²) < 4.78 is 27.0. The van der Waals surface area contributed by atoms with E-state index >= 15 is 0 Å². The van der Waals surface area contributed by atoms with Crippen molar-refractivity contribution in [3.05, 3.63) is 18.1 Å². The molecule has 0 radical (unpaired) electrons. The minimum Gasteiger partial charge on any atom is -0.480 e. The van der Waals surface area contributed by atoms with Crippen LogP contribution in [0.3, 0.4) is 0 Å². The van der Waals surface area contributed by atoms with Crippen molar-refractivity contribution in [2.45, 2.75) is 6.04 Å². The van der Waals surface area contributed by atoms with Crippen LogP contribution in [-0.4, -0.2) is 37.5 Å². The second kappa shape index (κ2) is 4.54. The normalized spacial score (nSPS) is 13.5. The predicted octanol–water partition coefficient (Wildman–Crippen LogP) is -0.470. The predicted molar refractivity (Wildman–Crippen MR) is 55.2 cm³/mol. The number of aromatic nitrogens is 2. The fraction of sp³-hybridized carbons (Fsp3) is 0.500. The smallest absolute Gasteiger partial charge is 0.237 e. The van der Waals surface area contributed by atoms with E-state index in [0.29, 0.717) is 5.69 Å². The third-order valence-electron chi connectivity index (χ3n) is 1.72. The Morgan fingerprint density at radius 1 is 1.47 bits per heavy atom. The van der Waals surface area contributed by atoms with Crippen LogP contribution >= 0.6 is 0 Å². The van der Waals surface area contributed by atoms with Crippen LogP contribution in [0.5, 0.6) is 5.88 Å². The van der Waals surface area contributed by atoms with Gasteiger partial charge in [0.05, 0.1) is 18.9 Å². The number of sulfone groups is 1. The molecule has 2 N–H and O–H groups in total. The lowest BCUT2D eigenvalue weighted by atomic mass is 10.2. The summed E-state index contributed by atoms with van der Waals surface area (Å²) in [6, 6.07) is -0.719. The first-order chi connectivity index (χ1) is 6.94. The van der Waals surface area contributed by atoms with Crippen molar-refractivity contribution in [2.75, 3.05) is 19.1 Å². The number of nitrogens with two attached hydrogens (primary N) is 1. The second-order valence-corrected chi connectivity index (χ2v) is 5.33. The fourth-order valence-electron chi connectivity index (χ4n) is 1.15. The van der Waals surface area contributed by atoms with Gasteiger partial charge in [0.2, 0.25) is 5.88 Å². The maximum atomic E-state index is 11.0. The van der Waals surface area contributed by atoms with Crippen LogP contribution in [0.15, 0.2) is 12.4 Å². The lowest BCUT2D eigenvalue weighted by Crippen LogP contribution is -2.22. The maximum absolute atomic E-state index is 11.0. The summed E-state index contributed by atoms with van der Waals surface area (Å²) in [6.45, 7) is 0. The lowest BCUT2D eigenvalue weighted by Gasteiger charge is -2.11. The van der Waals surface area contributed by atoms with Gasteiger partial charge in [-0.25, -0.2) is 13.4 Å². The molecule has 1 unspecified atom stereocenters. The highest BCUT2D eigenvalue weighted by molar-refractivity contribution is 7.90. The highest BCUT2D eigenvalue weighted by Crippen LogP contribution is 2.18. The number of hydrogen-bond acceptors (Lipinski definition) is 6. The molecule has 1 atom stereocenters. The third-order valence-corrected chi connectivity index (χ3v) is 2.68. The van der Waals surface area contributed by atoms with Gasteiger partial charge in [-0.3, -0.25) is 4.98 Å². The molecule has 6 nitrogen and oxygen atoms in total. The molecule has 1 aromatic heterocycles. The van der Waals surface area contributed by atoms with Crippen molar-refractivity contribution < 1.29 is 13.2 Å². The molecule has 0 aromatic carbocycles. The lowest BCUT2D eigenvalue weighted by molar-refractivity contribution is 0.386. The fourth-order valence-corrected chi connectivity index (χ4v) is 1.96. The number of nitrogens with zero attached hydrogens (tertiary/aromatic N) is 2. The molecule has 0 aliphatic heterocycles. The Hall–Kier alpha value is -1.21. The van der Waals surface area contributed by atoms with Crippen LogP contribution in [0.1, 0.15) is 11.7 Å². The number of ether oxygens (including phenoxy) is 1. The molecular weight excluding hydrogens is 218 g/mol. The van der Waals surface area contributed by atoms with E-state index in [2.05, 4.69) is 9.97 Å². The zero-order chi connectivity index (χ0) is 11.5. The second-order valence-electron chi connectivity index (χ2n) is 3.15. The molecule has 15 heavy (non-hydrogen) atoms. The van der Waals surface area contributed by atoms with Gasteiger partial charge in [-0.1, -0.05) is 0 Å². The molecule has 0 amide bonds. The van der Waals surface area contributed by atoms with Gasteiger partial charge in [0.25, 0.3) is 0 Å². The Labute approximate surface area is 88.4 Å². The summed E-state index contributed by atoms with van der Waals surface area (Å²) in [5, 5.41) is 0. The summed E-state index contributed by atoms with van der Waals surface area (Å²) in [5.41, 5.74) is 6.05. The minimum atomic E-state index is -3.14. The first kappa shape index (κ1) is 11.9. The summed E-state index contributed by atoms with van der Waals surface area (Å²) in [6.07, 6.45) is 4.02. The molecule has 7 heteroatoms. The summed E-state index contributed by atoms with van der Waals surface area (Å²) in [5.74, 6) is 0.0795. The molecule has 0 spiro atoms. The summed E-state index contributed by atoms with van der Waals surface area (Å²) >= 11 is 0. The zero-order valence-corrected chi connectivity index (χ0v) is 9.36. The first-order valence-electron chi connectivity index (χ1n) is 4.22. The standard InChI is InChI=1S/C8H13N3O3S/c1-14-8-7(10-3-4-11-8)6(9)5-15(2,12)13/h3-4,6H,5,9H2,1-2H3. The van der Waals surface area contributed by atoms with E-state index in [4.69, 9.17) is 10.5 Å². The molecular formula is C8H13N3O3S. The van der Waals surface area contributed by atoms with Crippen LogP contribution in [0.25, 0.3) is 0 Å². The Balaban J connectivity index is 2.95. The van der Waals surface area contributed by atoms with Crippen molar-refractivity contribution in [1.82, 2.24) is 9.97 Å².